The van der Waals surface area contributed by atoms with Gasteiger partial charge in [-0.05, 0) is 62.0 Å². The van der Waals surface area contributed by atoms with Gasteiger partial charge in [-0.25, -0.2) is 0 Å². The Labute approximate surface area is 114 Å². The molecule has 1 aromatic carbocycles. The van der Waals surface area contributed by atoms with E-state index in [0.717, 1.165) is 12.2 Å². The molecular weight excluding hydrogens is 239 g/mol. The van der Waals surface area contributed by atoms with Crippen LogP contribution in [0.1, 0.15) is 56.2 Å². The Balaban J connectivity index is 2.93. The van der Waals surface area contributed by atoms with Crippen LogP contribution in [0.5, 0.6) is 5.75 Å². The summed E-state index contributed by atoms with van der Waals surface area (Å²) in [7, 11) is 0.531. The summed E-state index contributed by atoms with van der Waals surface area (Å²) in [5, 5.41) is 0. The van der Waals surface area contributed by atoms with E-state index >= 15 is 0 Å². The van der Waals surface area contributed by atoms with E-state index in [0.29, 0.717) is 8.81 Å². The van der Waals surface area contributed by atoms with Gasteiger partial charge in [0.15, 0.2) is 0 Å². The van der Waals surface area contributed by atoms with Gasteiger partial charge in [-0.1, -0.05) is 32.8 Å². The van der Waals surface area contributed by atoms with Gasteiger partial charge in [0.25, 0.3) is 0 Å². The van der Waals surface area contributed by atoms with Crippen LogP contribution < -0.4 is 4.52 Å². The molecule has 0 aliphatic carbocycles. The monoisotopic (exact) mass is 266 g/mol. The summed E-state index contributed by atoms with van der Waals surface area (Å²) in [4.78, 5) is 0. The molecule has 2 heteroatoms. The molecule has 102 valence electrons. The molecule has 18 heavy (non-hydrogen) atoms. The third-order valence-corrected chi connectivity index (χ3v) is 3.75. The van der Waals surface area contributed by atoms with Crippen molar-refractivity contribution in [1.82, 2.24) is 0 Å². The van der Waals surface area contributed by atoms with E-state index in [1.165, 1.54) is 48.8 Å². The molecule has 0 bridgehead atoms. The third kappa shape index (κ3) is 4.61. The van der Waals surface area contributed by atoms with Gasteiger partial charge in [-0.15, -0.1) is 0 Å². The first-order valence-electron chi connectivity index (χ1n) is 7.18. The predicted molar refractivity (Wildman–Crippen MR) is 83.3 cm³/mol. The van der Waals surface area contributed by atoms with Gasteiger partial charge in [0, 0.05) is 0 Å². The highest BCUT2D eigenvalue weighted by atomic mass is 31.1. The summed E-state index contributed by atoms with van der Waals surface area (Å²) in [6, 6.07) is 4.63. The molecule has 1 rings (SSSR count). The van der Waals surface area contributed by atoms with E-state index in [1.54, 1.807) is 0 Å². The summed E-state index contributed by atoms with van der Waals surface area (Å²) in [6.45, 7) is 8.79. The van der Waals surface area contributed by atoms with Gasteiger partial charge < -0.3 is 4.52 Å². The van der Waals surface area contributed by atoms with Crippen LogP contribution in [0.3, 0.4) is 0 Å². The highest BCUT2D eigenvalue weighted by Crippen LogP contribution is 2.29. The molecule has 0 aliphatic rings. The van der Waals surface area contributed by atoms with Crippen molar-refractivity contribution in [2.45, 2.75) is 59.3 Å². The lowest BCUT2D eigenvalue weighted by Gasteiger charge is -2.14. The largest absolute Gasteiger partial charge is 0.477 e. The number of hydrogen-bond donors (Lipinski definition) is 0. The molecule has 0 heterocycles. The van der Waals surface area contributed by atoms with Crippen LogP contribution in [0.25, 0.3) is 0 Å². The quantitative estimate of drug-likeness (QED) is 0.581. The van der Waals surface area contributed by atoms with Gasteiger partial charge in [-0.2, -0.15) is 0 Å². The fourth-order valence-corrected chi connectivity index (χ4v) is 2.59. The van der Waals surface area contributed by atoms with Crippen LogP contribution in [0.15, 0.2) is 12.1 Å². The molecule has 1 atom stereocenters. The van der Waals surface area contributed by atoms with Gasteiger partial charge in [-0.3, -0.25) is 0 Å². The van der Waals surface area contributed by atoms with Crippen LogP contribution in [0.4, 0.5) is 0 Å². The summed E-state index contributed by atoms with van der Waals surface area (Å²) >= 11 is 0. The second kappa shape index (κ2) is 8.53. The van der Waals surface area contributed by atoms with E-state index in [-0.39, 0.29) is 0 Å². The average molecular weight is 266 g/mol. The lowest BCUT2D eigenvalue weighted by atomic mass is 9.97. The van der Waals surface area contributed by atoms with Crippen molar-refractivity contribution in [3.8, 4) is 5.75 Å². The molecule has 0 saturated carbocycles. The van der Waals surface area contributed by atoms with Crippen molar-refractivity contribution in [3.63, 3.8) is 0 Å². The Morgan fingerprint density at radius 2 is 1.61 bits per heavy atom. The molecule has 0 fully saturated rings. The smallest absolute Gasteiger partial charge is 0.126 e. The fraction of sp³-hybridized carbons (Fsp3) is 0.625. The lowest BCUT2D eigenvalue weighted by Crippen LogP contribution is -1.97. The zero-order valence-corrected chi connectivity index (χ0v) is 13.3. The summed E-state index contributed by atoms with van der Waals surface area (Å²) < 4.78 is 5.80. The molecular formula is C16H27OP. The van der Waals surface area contributed by atoms with Crippen molar-refractivity contribution in [3.05, 3.63) is 28.8 Å². The molecule has 1 aromatic rings. The predicted octanol–water partition coefficient (Wildman–Crippen LogP) is 5.28. The van der Waals surface area contributed by atoms with Crippen molar-refractivity contribution in [2.75, 3.05) is 6.66 Å². The molecule has 1 nitrogen and oxygen atoms in total. The first-order chi connectivity index (χ1) is 8.72. The van der Waals surface area contributed by atoms with Gasteiger partial charge >= 0.3 is 0 Å². The Hall–Kier alpha value is -0.550. The molecule has 0 aromatic heterocycles. The van der Waals surface area contributed by atoms with Crippen molar-refractivity contribution in [2.24, 2.45) is 0 Å². The van der Waals surface area contributed by atoms with Crippen LogP contribution >= 0.6 is 8.81 Å². The second-order valence-electron chi connectivity index (χ2n) is 4.90. The number of unbranched alkanes of at least 4 members (excludes halogenated alkanes) is 2. The minimum absolute atomic E-state index is 0.531. The van der Waals surface area contributed by atoms with Crippen LogP contribution in [-0.4, -0.2) is 6.66 Å². The molecule has 0 N–H and O–H groups in total. The maximum absolute atomic E-state index is 5.80. The van der Waals surface area contributed by atoms with Crippen molar-refractivity contribution >= 4 is 8.81 Å². The maximum atomic E-state index is 5.80. The molecule has 1 unspecified atom stereocenters. The molecule has 0 aliphatic heterocycles. The Bertz CT molecular complexity index is 360. The van der Waals surface area contributed by atoms with E-state index in [4.69, 9.17) is 4.52 Å². The number of rotatable bonds is 8. The minimum atomic E-state index is 0.531. The van der Waals surface area contributed by atoms with Crippen molar-refractivity contribution in [1.29, 1.82) is 0 Å². The standard InChI is InChI=1S/C16H27OP/c1-5-7-9-14-12-15(10-8-6-2)16(17-18-4)11-13(14)3/h11-12,18H,5-10H2,1-4H3. The highest BCUT2D eigenvalue weighted by molar-refractivity contribution is 7.31. The topological polar surface area (TPSA) is 9.23 Å². The number of benzene rings is 1. The van der Waals surface area contributed by atoms with Crippen molar-refractivity contribution < 1.29 is 4.52 Å². The molecule has 0 saturated heterocycles. The molecule has 0 amide bonds. The minimum Gasteiger partial charge on any atom is -0.477 e. The zero-order chi connectivity index (χ0) is 13.4. The van der Waals surface area contributed by atoms with Gasteiger partial charge in [0.2, 0.25) is 0 Å². The Kier molecular flexibility index (Phi) is 7.35. The maximum Gasteiger partial charge on any atom is 0.126 e. The van der Waals surface area contributed by atoms with Crippen LogP contribution in [-0.2, 0) is 12.8 Å². The normalized spacial score (nSPS) is 11.3. The zero-order valence-electron chi connectivity index (χ0n) is 12.3. The van der Waals surface area contributed by atoms with Gasteiger partial charge in [0.1, 0.15) is 5.75 Å². The van der Waals surface area contributed by atoms with E-state index in [1.807, 2.05) is 0 Å². The van der Waals surface area contributed by atoms with E-state index < -0.39 is 0 Å². The summed E-state index contributed by atoms with van der Waals surface area (Å²) in [5.41, 5.74) is 4.30. The Morgan fingerprint density at radius 3 is 2.17 bits per heavy atom. The Morgan fingerprint density at radius 1 is 1.00 bits per heavy atom. The van der Waals surface area contributed by atoms with E-state index in [2.05, 4.69) is 39.6 Å². The third-order valence-electron chi connectivity index (χ3n) is 3.33. The summed E-state index contributed by atoms with van der Waals surface area (Å²) in [5.74, 6) is 1.11. The van der Waals surface area contributed by atoms with Crippen LogP contribution in [0, 0.1) is 6.92 Å². The summed E-state index contributed by atoms with van der Waals surface area (Å²) in [6.07, 6.45) is 7.39. The average Bonchev–Trinajstić information content (AvgIpc) is 2.37. The fourth-order valence-electron chi connectivity index (χ4n) is 2.18. The first-order valence-corrected chi connectivity index (χ1v) is 8.59. The lowest BCUT2D eigenvalue weighted by molar-refractivity contribution is 0.616. The molecule has 0 spiro atoms. The highest BCUT2D eigenvalue weighted by Gasteiger charge is 2.08. The first kappa shape index (κ1) is 15.5. The second-order valence-corrected chi connectivity index (χ2v) is 5.51. The number of hydrogen-bond acceptors (Lipinski definition) is 1. The number of aryl methyl sites for hydroxylation is 3. The van der Waals surface area contributed by atoms with E-state index in [9.17, 15) is 0 Å². The SMILES string of the molecule is CCCCc1cc(CCCC)c(OPC)cc1C. The van der Waals surface area contributed by atoms with Crippen LogP contribution in [0.2, 0.25) is 0 Å². The van der Waals surface area contributed by atoms with Gasteiger partial charge in [0.05, 0.1) is 8.81 Å². The molecule has 0 radical (unpaired) electrons.